The van der Waals surface area contributed by atoms with Gasteiger partial charge in [-0.05, 0) is 54.6 Å². The van der Waals surface area contributed by atoms with E-state index in [1.54, 1.807) is 26.4 Å². The molecule has 4 aromatic rings. The van der Waals surface area contributed by atoms with E-state index in [4.69, 9.17) is 14.5 Å². The summed E-state index contributed by atoms with van der Waals surface area (Å²) in [6.45, 7) is 0. The maximum atomic E-state index is 13.5. The summed E-state index contributed by atoms with van der Waals surface area (Å²) in [5.41, 5.74) is 3.36. The van der Waals surface area contributed by atoms with Crippen LogP contribution in [0.25, 0.3) is 28.1 Å². The molecule has 4 nitrogen and oxygen atoms in total. The van der Waals surface area contributed by atoms with Crippen molar-refractivity contribution in [3.63, 3.8) is 0 Å². The highest BCUT2D eigenvalue weighted by Crippen LogP contribution is 2.36. The molecule has 1 heterocycles. The van der Waals surface area contributed by atoms with E-state index in [-0.39, 0.29) is 5.82 Å². The van der Waals surface area contributed by atoms with Crippen molar-refractivity contribution in [2.45, 2.75) is 0 Å². The molecule has 3 aromatic carbocycles. The largest absolute Gasteiger partial charge is 0.497 e. The van der Waals surface area contributed by atoms with Gasteiger partial charge in [-0.2, -0.15) is 0 Å². The number of aromatic nitrogens is 2. The number of fused-ring (bicyclic) bond motifs is 1. The Morgan fingerprint density at radius 1 is 0.926 bits per heavy atom. The van der Waals surface area contributed by atoms with Crippen molar-refractivity contribution in [3.8, 4) is 28.6 Å². The van der Waals surface area contributed by atoms with E-state index in [1.165, 1.54) is 12.1 Å². The average molecular weight is 427 g/mol. The zero-order valence-electron chi connectivity index (χ0n) is 14.7. The number of benzene rings is 3. The molecule has 0 aliphatic heterocycles. The number of methoxy groups -OCH3 is 2. The first-order chi connectivity index (χ1) is 13.1. The third-order valence-electron chi connectivity index (χ3n) is 4.35. The average Bonchev–Trinajstić information content (AvgIpc) is 3.06. The Kier molecular flexibility index (Phi) is 4.58. The van der Waals surface area contributed by atoms with Crippen molar-refractivity contribution in [3.05, 3.63) is 71.0 Å². The Hall–Kier alpha value is -2.86. The van der Waals surface area contributed by atoms with Crippen LogP contribution in [0, 0.1) is 5.82 Å². The smallest absolute Gasteiger partial charge is 0.149 e. The minimum atomic E-state index is -0.283. The van der Waals surface area contributed by atoms with Crippen LogP contribution in [0.5, 0.6) is 11.5 Å². The van der Waals surface area contributed by atoms with Gasteiger partial charge in [0.05, 0.1) is 30.8 Å². The first-order valence-electron chi connectivity index (χ1n) is 8.27. The predicted octanol–water partition coefficient (Wildman–Crippen LogP) is 5.61. The second-order valence-corrected chi connectivity index (χ2v) is 6.86. The van der Waals surface area contributed by atoms with Crippen molar-refractivity contribution in [1.82, 2.24) is 9.55 Å². The molecule has 0 saturated carbocycles. The molecule has 136 valence electrons. The zero-order valence-corrected chi connectivity index (χ0v) is 16.3. The number of imidazole rings is 1. The first-order valence-corrected chi connectivity index (χ1v) is 9.06. The monoisotopic (exact) mass is 426 g/mol. The van der Waals surface area contributed by atoms with Crippen LogP contribution in [-0.4, -0.2) is 23.8 Å². The number of halogens is 2. The lowest BCUT2D eigenvalue weighted by molar-refractivity contribution is 0.395. The number of hydrogen-bond donors (Lipinski definition) is 0. The molecule has 0 amide bonds. The van der Waals surface area contributed by atoms with Crippen LogP contribution in [0.1, 0.15) is 0 Å². The van der Waals surface area contributed by atoms with Crippen LogP contribution in [0.2, 0.25) is 0 Å². The molecule has 0 spiro atoms. The molecule has 0 fully saturated rings. The molecule has 0 aliphatic rings. The Labute approximate surface area is 164 Å². The van der Waals surface area contributed by atoms with Gasteiger partial charge in [0.25, 0.3) is 0 Å². The molecule has 27 heavy (non-hydrogen) atoms. The molecule has 0 unspecified atom stereocenters. The number of ether oxygens (including phenoxy) is 2. The van der Waals surface area contributed by atoms with Crippen molar-refractivity contribution >= 4 is 27.0 Å². The molecular weight excluding hydrogens is 411 g/mol. The molecule has 0 N–H and O–H groups in total. The predicted molar refractivity (Wildman–Crippen MR) is 107 cm³/mol. The Bertz CT molecular complexity index is 1120. The van der Waals surface area contributed by atoms with E-state index in [1.807, 2.05) is 41.0 Å². The fraction of sp³-hybridized carbons (Fsp3) is 0.0952. The van der Waals surface area contributed by atoms with E-state index in [9.17, 15) is 4.39 Å². The number of hydrogen-bond acceptors (Lipinski definition) is 3. The summed E-state index contributed by atoms with van der Waals surface area (Å²) in [5.74, 6) is 1.76. The van der Waals surface area contributed by atoms with Crippen molar-refractivity contribution in [2.75, 3.05) is 14.2 Å². The van der Waals surface area contributed by atoms with Gasteiger partial charge in [-0.1, -0.05) is 15.9 Å². The number of nitrogens with zero attached hydrogens (tertiary/aromatic N) is 2. The van der Waals surface area contributed by atoms with Gasteiger partial charge in [0.2, 0.25) is 0 Å². The molecule has 0 bridgehead atoms. The summed E-state index contributed by atoms with van der Waals surface area (Å²) in [4.78, 5) is 4.83. The molecule has 1 aromatic heterocycles. The second-order valence-electron chi connectivity index (χ2n) is 5.95. The third-order valence-corrected chi connectivity index (χ3v) is 4.84. The highest BCUT2D eigenvalue weighted by Gasteiger charge is 2.18. The zero-order chi connectivity index (χ0) is 19.0. The molecular formula is C21H16BrFN2O2. The van der Waals surface area contributed by atoms with Gasteiger partial charge in [-0.3, -0.25) is 4.57 Å². The summed E-state index contributed by atoms with van der Waals surface area (Å²) in [7, 11) is 3.22. The topological polar surface area (TPSA) is 36.3 Å². The van der Waals surface area contributed by atoms with E-state index in [2.05, 4.69) is 15.9 Å². The summed E-state index contributed by atoms with van der Waals surface area (Å²) in [6, 6.07) is 17.8. The highest BCUT2D eigenvalue weighted by molar-refractivity contribution is 9.10. The Morgan fingerprint density at radius 2 is 1.70 bits per heavy atom. The molecule has 4 rings (SSSR count). The van der Waals surface area contributed by atoms with Gasteiger partial charge in [-0.15, -0.1) is 0 Å². The normalized spacial score (nSPS) is 11.0. The van der Waals surface area contributed by atoms with E-state index >= 15 is 0 Å². The molecule has 0 saturated heterocycles. The van der Waals surface area contributed by atoms with Gasteiger partial charge >= 0.3 is 0 Å². The second kappa shape index (κ2) is 7.04. The molecule has 0 radical (unpaired) electrons. The maximum absolute atomic E-state index is 13.5. The van der Waals surface area contributed by atoms with Gasteiger partial charge in [0, 0.05) is 16.2 Å². The van der Waals surface area contributed by atoms with Crippen molar-refractivity contribution in [2.24, 2.45) is 0 Å². The third kappa shape index (κ3) is 3.17. The highest BCUT2D eigenvalue weighted by atomic mass is 79.9. The van der Waals surface area contributed by atoms with Crippen molar-refractivity contribution in [1.29, 1.82) is 0 Å². The minimum absolute atomic E-state index is 0.283. The number of rotatable bonds is 4. The van der Waals surface area contributed by atoms with Gasteiger partial charge in [0.15, 0.2) is 0 Å². The fourth-order valence-electron chi connectivity index (χ4n) is 3.07. The summed E-state index contributed by atoms with van der Waals surface area (Å²) >= 11 is 3.50. The SMILES string of the molecule is COc1ccc(-c2nc3cc(Br)ccc3n2-c2ccc(F)cc2)c(OC)c1. The van der Waals surface area contributed by atoms with Gasteiger partial charge < -0.3 is 9.47 Å². The molecule has 0 atom stereocenters. The van der Waals surface area contributed by atoms with Crippen LogP contribution in [0.3, 0.4) is 0 Å². The van der Waals surface area contributed by atoms with Crippen LogP contribution in [0.4, 0.5) is 4.39 Å². The minimum Gasteiger partial charge on any atom is -0.497 e. The lowest BCUT2D eigenvalue weighted by atomic mass is 10.1. The summed E-state index contributed by atoms with van der Waals surface area (Å²) in [6.07, 6.45) is 0. The quantitative estimate of drug-likeness (QED) is 0.425. The fourth-order valence-corrected chi connectivity index (χ4v) is 3.42. The lowest BCUT2D eigenvalue weighted by Gasteiger charge is -2.13. The Balaban J connectivity index is 2.03. The lowest BCUT2D eigenvalue weighted by Crippen LogP contribution is -1.99. The molecule has 0 aliphatic carbocycles. The maximum Gasteiger partial charge on any atom is 0.149 e. The summed E-state index contributed by atoms with van der Waals surface area (Å²) in [5, 5.41) is 0. The van der Waals surface area contributed by atoms with Crippen LogP contribution in [-0.2, 0) is 0 Å². The van der Waals surface area contributed by atoms with Gasteiger partial charge in [0.1, 0.15) is 23.1 Å². The van der Waals surface area contributed by atoms with E-state index < -0.39 is 0 Å². The van der Waals surface area contributed by atoms with Gasteiger partial charge in [-0.25, -0.2) is 9.37 Å². The summed E-state index contributed by atoms with van der Waals surface area (Å²) < 4.78 is 27.2. The van der Waals surface area contributed by atoms with Crippen LogP contribution in [0.15, 0.2) is 65.1 Å². The van der Waals surface area contributed by atoms with Crippen LogP contribution < -0.4 is 9.47 Å². The standard InChI is InChI=1S/C21H16BrFN2O2/c1-26-16-8-9-17(20(12-16)27-2)21-24-18-11-13(22)3-10-19(18)25(21)15-6-4-14(23)5-7-15/h3-12H,1-2H3. The molecule has 6 heteroatoms. The van der Waals surface area contributed by atoms with Crippen LogP contribution >= 0.6 is 15.9 Å². The Morgan fingerprint density at radius 3 is 2.41 bits per heavy atom. The van der Waals surface area contributed by atoms with Crippen molar-refractivity contribution < 1.29 is 13.9 Å². The van der Waals surface area contributed by atoms with E-state index in [0.717, 1.165) is 26.8 Å². The first kappa shape index (κ1) is 17.5. The van der Waals surface area contributed by atoms with E-state index in [0.29, 0.717) is 17.3 Å².